The van der Waals surface area contributed by atoms with Crippen LogP contribution >= 0.6 is 0 Å². The van der Waals surface area contributed by atoms with Crippen LogP contribution in [-0.2, 0) is 14.8 Å². The molecule has 0 spiro atoms. The van der Waals surface area contributed by atoms with E-state index in [4.69, 9.17) is 14.9 Å². The number of carboxylic acid groups (broad SMARTS) is 1. The molecule has 0 fully saturated rings. The summed E-state index contributed by atoms with van der Waals surface area (Å²) in [5.41, 5.74) is 0. The molecule has 0 heterocycles. The molecule has 0 aliphatic rings. The van der Waals surface area contributed by atoms with E-state index in [0.29, 0.717) is 12.4 Å². The van der Waals surface area contributed by atoms with Crippen LogP contribution in [0.3, 0.4) is 0 Å². The molecule has 0 bridgehead atoms. The van der Waals surface area contributed by atoms with Gasteiger partial charge in [0.2, 0.25) is 10.0 Å². The molecule has 0 radical (unpaired) electrons. The van der Waals surface area contributed by atoms with Crippen molar-refractivity contribution in [1.29, 1.82) is 0 Å². The van der Waals surface area contributed by atoms with Gasteiger partial charge in [0, 0.05) is 19.1 Å². The van der Waals surface area contributed by atoms with Crippen molar-refractivity contribution in [3.63, 3.8) is 0 Å². The predicted octanol–water partition coefficient (Wildman–Crippen LogP) is 0.447. The monoisotopic (exact) mass is 317 g/mol. The van der Waals surface area contributed by atoms with E-state index in [1.165, 1.54) is 12.1 Å². The van der Waals surface area contributed by atoms with E-state index in [2.05, 4.69) is 4.72 Å². The normalized spacial score (nSPS) is 12.9. The molecule has 0 saturated heterocycles. The lowest BCUT2D eigenvalue weighted by Crippen LogP contribution is -2.32. The molecule has 118 valence electrons. The highest BCUT2D eigenvalue weighted by atomic mass is 32.2. The average Bonchev–Trinajstić information content (AvgIpc) is 2.44. The number of hydrogen-bond acceptors (Lipinski definition) is 5. The Bertz CT molecular complexity index is 555. The van der Waals surface area contributed by atoms with Crippen molar-refractivity contribution in [2.45, 2.75) is 18.2 Å². The minimum atomic E-state index is -3.74. The molecular weight excluding hydrogens is 298 g/mol. The number of hydrogen-bond donors (Lipinski definition) is 3. The molecule has 0 saturated carbocycles. The molecule has 0 aliphatic heterocycles. The third-order valence-corrected chi connectivity index (χ3v) is 4.17. The molecule has 1 rings (SSSR count). The van der Waals surface area contributed by atoms with Gasteiger partial charge < -0.3 is 14.9 Å². The lowest BCUT2D eigenvalue weighted by Gasteiger charge is -2.13. The van der Waals surface area contributed by atoms with Crippen molar-refractivity contribution in [2.75, 3.05) is 19.8 Å². The topological polar surface area (TPSA) is 113 Å². The smallest absolute Gasteiger partial charge is 0.303 e. The van der Waals surface area contributed by atoms with Gasteiger partial charge in [0.15, 0.2) is 0 Å². The summed E-state index contributed by atoms with van der Waals surface area (Å²) in [5, 5.41) is 17.7. The Morgan fingerprint density at radius 3 is 2.43 bits per heavy atom. The highest BCUT2D eigenvalue weighted by Gasteiger charge is 2.18. The first-order chi connectivity index (χ1) is 9.89. The van der Waals surface area contributed by atoms with Crippen molar-refractivity contribution in [3.05, 3.63) is 24.3 Å². The standard InChI is InChI=1S/C13H19NO6S/c1-2-20-11-3-5-12(6-4-11)21(18,19)14-8-10(9-15)7-13(16)17/h3-6,10,14-15H,2,7-9H2,1H3,(H,16,17). The minimum absolute atomic E-state index is 0.0537. The second-order valence-electron chi connectivity index (χ2n) is 4.40. The number of carboxylic acids is 1. The summed E-state index contributed by atoms with van der Waals surface area (Å²) < 4.78 is 31.6. The number of aliphatic hydroxyl groups excluding tert-OH is 1. The van der Waals surface area contributed by atoms with Crippen LogP contribution in [0.25, 0.3) is 0 Å². The molecule has 1 unspecified atom stereocenters. The zero-order valence-electron chi connectivity index (χ0n) is 11.7. The maximum Gasteiger partial charge on any atom is 0.303 e. The summed E-state index contributed by atoms with van der Waals surface area (Å²) >= 11 is 0. The first kappa shape index (κ1) is 17.4. The number of carbonyl (C=O) groups is 1. The van der Waals surface area contributed by atoms with Gasteiger partial charge in [0.1, 0.15) is 5.75 Å². The second-order valence-corrected chi connectivity index (χ2v) is 6.17. The molecule has 1 aromatic carbocycles. The zero-order valence-corrected chi connectivity index (χ0v) is 12.5. The second kappa shape index (κ2) is 7.96. The zero-order chi connectivity index (χ0) is 15.9. The van der Waals surface area contributed by atoms with E-state index in [0.717, 1.165) is 0 Å². The van der Waals surface area contributed by atoms with Gasteiger partial charge >= 0.3 is 5.97 Å². The van der Waals surface area contributed by atoms with Crippen molar-refractivity contribution in [2.24, 2.45) is 5.92 Å². The molecule has 0 aliphatic carbocycles. The van der Waals surface area contributed by atoms with Gasteiger partial charge in [0.25, 0.3) is 0 Å². The van der Waals surface area contributed by atoms with Crippen molar-refractivity contribution >= 4 is 16.0 Å². The van der Waals surface area contributed by atoms with Crippen LogP contribution in [0.2, 0.25) is 0 Å². The van der Waals surface area contributed by atoms with Gasteiger partial charge in [-0.3, -0.25) is 4.79 Å². The summed E-state index contributed by atoms with van der Waals surface area (Å²) in [4.78, 5) is 10.6. The highest BCUT2D eigenvalue weighted by Crippen LogP contribution is 2.16. The van der Waals surface area contributed by atoms with Crippen LogP contribution in [0, 0.1) is 5.92 Å². The Kier molecular flexibility index (Phi) is 6.60. The molecule has 1 aromatic rings. The summed E-state index contributed by atoms with van der Waals surface area (Å²) in [6.07, 6.45) is -0.303. The van der Waals surface area contributed by atoms with E-state index in [1.54, 1.807) is 12.1 Å². The maximum atomic E-state index is 12.0. The lowest BCUT2D eigenvalue weighted by atomic mass is 10.1. The van der Waals surface area contributed by atoms with Gasteiger partial charge in [-0.2, -0.15) is 0 Å². The average molecular weight is 317 g/mol. The SMILES string of the molecule is CCOc1ccc(S(=O)(=O)NCC(CO)CC(=O)O)cc1. The van der Waals surface area contributed by atoms with Gasteiger partial charge in [-0.15, -0.1) is 0 Å². The van der Waals surface area contributed by atoms with E-state index in [9.17, 15) is 13.2 Å². The largest absolute Gasteiger partial charge is 0.494 e. The number of nitrogens with one attached hydrogen (secondary N) is 1. The van der Waals surface area contributed by atoms with Crippen LogP contribution in [-0.4, -0.2) is 44.4 Å². The number of rotatable bonds is 9. The van der Waals surface area contributed by atoms with Crippen molar-refractivity contribution in [3.8, 4) is 5.75 Å². The predicted molar refractivity (Wildman–Crippen MR) is 75.6 cm³/mol. The molecule has 7 nitrogen and oxygen atoms in total. The molecule has 1 atom stereocenters. The number of aliphatic carboxylic acids is 1. The fourth-order valence-electron chi connectivity index (χ4n) is 1.64. The maximum absolute atomic E-state index is 12.0. The van der Waals surface area contributed by atoms with Gasteiger partial charge in [-0.25, -0.2) is 13.1 Å². The van der Waals surface area contributed by atoms with Gasteiger partial charge in [0.05, 0.1) is 17.9 Å². The Labute approximate surface area is 123 Å². The molecule has 3 N–H and O–H groups in total. The number of ether oxygens (including phenoxy) is 1. The van der Waals surface area contributed by atoms with Crippen LogP contribution in [0.5, 0.6) is 5.75 Å². The third-order valence-electron chi connectivity index (χ3n) is 2.73. The van der Waals surface area contributed by atoms with Crippen LogP contribution < -0.4 is 9.46 Å². The number of aliphatic hydroxyl groups is 1. The van der Waals surface area contributed by atoms with E-state index < -0.39 is 28.5 Å². The van der Waals surface area contributed by atoms with Crippen molar-refractivity contribution in [1.82, 2.24) is 4.72 Å². The molecular formula is C13H19NO6S. The first-order valence-corrected chi connectivity index (χ1v) is 7.92. The molecule has 21 heavy (non-hydrogen) atoms. The van der Waals surface area contributed by atoms with E-state index in [1.807, 2.05) is 6.92 Å². The Morgan fingerprint density at radius 2 is 1.95 bits per heavy atom. The molecule has 8 heteroatoms. The fraction of sp³-hybridized carbons (Fsp3) is 0.462. The molecule has 0 aromatic heterocycles. The summed E-state index contributed by atoms with van der Waals surface area (Å²) in [5.74, 6) is -1.19. The Hall–Kier alpha value is -1.64. The Morgan fingerprint density at radius 1 is 1.33 bits per heavy atom. The van der Waals surface area contributed by atoms with E-state index >= 15 is 0 Å². The van der Waals surface area contributed by atoms with Crippen LogP contribution in [0.4, 0.5) is 0 Å². The third kappa shape index (κ3) is 5.70. The van der Waals surface area contributed by atoms with E-state index in [-0.39, 0.29) is 17.9 Å². The van der Waals surface area contributed by atoms with Crippen molar-refractivity contribution < 1.29 is 28.2 Å². The summed E-state index contributed by atoms with van der Waals surface area (Å²) in [6, 6.07) is 5.88. The Balaban J connectivity index is 2.70. The highest BCUT2D eigenvalue weighted by molar-refractivity contribution is 7.89. The van der Waals surface area contributed by atoms with Gasteiger partial charge in [-0.1, -0.05) is 0 Å². The summed E-state index contributed by atoms with van der Waals surface area (Å²) in [6.45, 7) is 1.76. The fourth-order valence-corrected chi connectivity index (χ4v) is 2.76. The minimum Gasteiger partial charge on any atom is -0.494 e. The number of benzene rings is 1. The molecule has 0 amide bonds. The van der Waals surface area contributed by atoms with Gasteiger partial charge in [-0.05, 0) is 31.2 Å². The lowest BCUT2D eigenvalue weighted by molar-refractivity contribution is -0.138. The first-order valence-electron chi connectivity index (χ1n) is 6.44. The number of sulfonamides is 1. The summed E-state index contributed by atoms with van der Waals surface area (Å²) in [7, 11) is -3.74. The quantitative estimate of drug-likeness (QED) is 0.609. The van der Waals surface area contributed by atoms with Crippen LogP contribution in [0.15, 0.2) is 29.2 Å². The van der Waals surface area contributed by atoms with Crippen LogP contribution in [0.1, 0.15) is 13.3 Å².